The Morgan fingerprint density at radius 1 is 1.00 bits per heavy atom. The highest BCUT2D eigenvalue weighted by Crippen LogP contribution is 2.27. The second-order valence-electron chi connectivity index (χ2n) is 6.24. The molecule has 0 atom stereocenters. The fourth-order valence-corrected chi connectivity index (χ4v) is 1.51. The molecule has 1 aromatic rings. The molecule has 0 amide bonds. The molecule has 0 unspecified atom stereocenters. The lowest BCUT2D eigenvalue weighted by atomic mass is 9.86. The van der Waals surface area contributed by atoms with Crippen LogP contribution in [-0.4, -0.2) is 10.2 Å². The predicted molar refractivity (Wildman–Crippen MR) is 69.5 cm³/mol. The summed E-state index contributed by atoms with van der Waals surface area (Å²) >= 11 is 0. The molecule has 0 aromatic carbocycles. The van der Waals surface area contributed by atoms with E-state index in [-0.39, 0.29) is 10.8 Å². The molecule has 0 spiro atoms. The number of hydrogen-bond acceptors (Lipinski definition) is 2. The summed E-state index contributed by atoms with van der Waals surface area (Å²) in [6.45, 7) is 16.7. The highest BCUT2D eigenvalue weighted by atomic mass is 15.1. The molecule has 88 valence electrons. The maximum absolute atomic E-state index is 4.37. The Labute approximate surface area is 98.8 Å². The summed E-state index contributed by atoms with van der Waals surface area (Å²) in [5, 5.41) is 8.69. The van der Waals surface area contributed by atoms with Gasteiger partial charge in [-0.05, 0) is 11.6 Å². The first kappa shape index (κ1) is 12.9. The van der Waals surface area contributed by atoms with Crippen LogP contribution < -0.4 is 0 Å². The number of hydrogen-bond donors (Lipinski definition) is 0. The summed E-state index contributed by atoms with van der Waals surface area (Å²) in [7, 11) is 0. The van der Waals surface area contributed by atoms with Crippen LogP contribution in [0, 0.1) is 0 Å². The average molecular weight is 218 g/mol. The normalized spacial score (nSPS) is 12.6. The van der Waals surface area contributed by atoms with Gasteiger partial charge in [0.15, 0.2) is 0 Å². The lowest BCUT2D eigenvalue weighted by Gasteiger charge is -2.23. The van der Waals surface area contributed by atoms with Crippen LogP contribution in [0.2, 0.25) is 0 Å². The van der Waals surface area contributed by atoms with Gasteiger partial charge in [0, 0.05) is 10.8 Å². The molecule has 16 heavy (non-hydrogen) atoms. The zero-order chi connectivity index (χ0) is 12.6. The molecule has 0 aliphatic heterocycles. The maximum Gasteiger partial charge on any atom is 0.0756 e. The van der Waals surface area contributed by atoms with Gasteiger partial charge in [0.05, 0.1) is 11.4 Å². The van der Waals surface area contributed by atoms with Crippen LogP contribution in [0.4, 0.5) is 0 Å². The molecule has 0 aliphatic rings. The summed E-state index contributed by atoms with van der Waals surface area (Å²) in [6, 6.07) is 2.10. The number of rotatable bonds is 1. The Hall–Kier alpha value is -1.18. The highest BCUT2D eigenvalue weighted by molar-refractivity contribution is 5.52. The van der Waals surface area contributed by atoms with E-state index in [1.807, 2.05) is 6.08 Å². The van der Waals surface area contributed by atoms with E-state index in [1.165, 1.54) is 0 Å². The van der Waals surface area contributed by atoms with Gasteiger partial charge in [-0.3, -0.25) is 0 Å². The Kier molecular flexibility index (Phi) is 3.22. The second kappa shape index (κ2) is 4.00. The van der Waals surface area contributed by atoms with E-state index < -0.39 is 0 Å². The summed E-state index contributed by atoms with van der Waals surface area (Å²) in [6.07, 6.45) is 1.87. The monoisotopic (exact) mass is 218 g/mol. The lowest BCUT2D eigenvalue weighted by molar-refractivity contribution is 0.526. The molecule has 2 nitrogen and oxygen atoms in total. The van der Waals surface area contributed by atoms with Crippen molar-refractivity contribution in [2.45, 2.75) is 52.4 Å². The fraction of sp³-hybridized carbons (Fsp3) is 0.571. The topological polar surface area (TPSA) is 25.8 Å². The minimum Gasteiger partial charge on any atom is -0.155 e. The van der Waals surface area contributed by atoms with Crippen molar-refractivity contribution in [1.82, 2.24) is 10.2 Å². The molecule has 0 saturated heterocycles. The Morgan fingerprint density at radius 2 is 1.56 bits per heavy atom. The summed E-state index contributed by atoms with van der Waals surface area (Å²) < 4.78 is 0. The van der Waals surface area contributed by atoms with Crippen molar-refractivity contribution in [1.29, 1.82) is 0 Å². The van der Waals surface area contributed by atoms with E-state index in [2.05, 4.69) is 64.4 Å². The molecule has 1 aromatic heterocycles. The summed E-state index contributed by atoms with van der Waals surface area (Å²) in [5.41, 5.74) is 3.15. The lowest BCUT2D eigenvalue weighted by Crippen LogP contribution is -2.20. The molecule has 0 bridgehead atoms. The van der Waals surface area contributed by atoms with Crippen LogP contribution in [0.1, 0.15) is 58.5 Å². The van der Waals surface area contributed by atoms with Gasteiger partial charge in [0.1, 0.15) is 0 Å². The Bertz CT molecular complexity index is 392. The molecule has 0 saturated carbocycles. The molecular weight excluding hydrogens is 196 g/mol. The van der Waals surface area contributed by atoms with Gasteiger partial charge in [-0.25, -0.2) is 0 Å². The summed E-state index contributed by atoms with van der Waals surface area (Å²) in [5.74, 6) is 0. The van der Waals surface area contributed by atoms with Crippen LogP contribution in [-0.2, 0) is 10.8 Å². The van der Waals surface area contributed by atoms with Crippen molar-refractivity contribution < 1.29 is 0 Å². The summed E-state index contributed by atoms with van der Waals surface area (Å²) in [4.78, 5) is 0. The van der Waals surface area contributed by atoms with Gasteiger partial charge in [-0.2, -0.15) is 10.2 Å². The van der Waals surface area contributed by atoms with Crippen molar-refractivity contribution in [3.8, 4) is 0 Å². The van der Waals surface area contributed by atoms with Crippen molar-refractivity contribution >= 4 is 6.08 Å². The molecule has 0 radical (unpaired) electrons. The second-order valence-corrected chi connectivity index (χ2v) is 6.24. The molecule has 0 fully saturated rings. The first-order chi connectivity index (χ1) is 7.16. The van der Waals surface area contributed by atoms with Crippen LogP contribution in [0.15, 0.2) is 12.6 Å². The van der Waals surface area contributed by atoms with E-state index in [0.717, 1.165) is 17.0 Å². The third-order valence-electron chi connectivity index (χ3n) is 2.52. The average Bonchev–Trinajstić information content (AvgIpc) is 2.14. The Morgan fingerprint density at radius 3 is 1.94 bits per heavy atom. The number of nitrogens with zero attached hydrogens (tertiary/aromatic N) is 2. The smallest absolute Gasteiger partial charge is 0.0756 e. The van der Waals surface area contributed by atoms with E-state index in [0.29, 0.717) is 0 Å². The van der Waals surface area contributed by atoms with Gasteiger partial charge in [-0.1, -0.05) is 54.2 Å². The third-order valence-corrected chi connectivity index (χ3v) is 2.52. The quantitative estimate of drug-likeness (QED) is 0.718. The standard InChI is InChI=1S/C14H22N2/c1-8-10-9-11(13(2,3)4)15-16-12(10)14(5,6)7/h8-9H,1H2,2-7H3. The molecule has 0 N–H and O–H groups in total. The van der Waals surface area contributed by atoms with E-state index >= 15 is 0 Å². The molecule has 1 rings (SSSR count). The number of aromatic nitrogens is 2. The van der Waals surface area contributed by atoms with Gasteiger partial charge in [0.25, 0.3) is 0 Å². The molecule has 0 aliphatic carbocycles. The van der Waals surface area contributed by atoms with Crippen LogP contribution >= 0.6 is 0 Å². The van der Waals surface area contributed by atoms with Crippen molar-refractivity contribution in [2.24, 2.45) is 0 Å². The minimum atomic E-state index is 0.00688. The SMILES string of the molecule is C=Cc1cc(C(C)(C)C)nnc1C(C)(C)C. The van der Waals surface area contributed by atoms with Crippen molar-refractivity contribution in [2.75, 3.05) is 0 Å². The molecule has 1 heterocycles. The van der Waals surface area contributed by atoms with Gasteiger partial charge in [0.2, 0.25) is 0 Å². The zero-order valence-corrected chi connectivity index (χ0v) is 11.3. The highest BCUT2D eigenvalue weighted by Gasteiger charge is 2.23. The predicted octanol–water partition coefficient (Wildman–Crippen LogP) is 3.71. The maximum atomic E-state index is 4.37. The third kappa shape index (κ3) is 2.69. The molecule has 2 heteroatoms. The van der Waals surface area contributed by atoms with Crippen molar-refractivity contribution in [3.05, 3.63) is 29.6 Å². The Balaban J connectivity index is 3.34. The van der Waals surface area contributed by atoms with E-state index in [4.69, 9.17) is 0 Å². The minimum absolute atomic E-state index is 0.00688. The van der Waals surface area contributed by atoms with E-state index in [9.17, 15) is 0 Å². The van der Waals surface area contributed by atoms with Crippen molar-refractivity contribution in [3.63, 3.8) is 0 Å². The van der Waals surface area contributed by atoms with Crippen LogP contribution in [0.3, 0.4) is 0 Å². The molecular formula is C14H22N2. The van der Waals surface area contributed by atoms with Crippen LogP contribution in [0.25, 0.3) is 6.08 Å². The zero-order valence-electron chi connectivity index (χ0n) is 11.3. The van der Waals surface area contributed by atoms with Gasteiger partial charge < -0.3 is 0 Å². The van der Waals surface area contributed by atoms with Gasteiger partial charge in [-0.15, -0.1) is 0 Å². The largest absolute Gasteiger partial charge is 0.155 e. The first-order valence-electron chi connectivity index (χ1n) is 5.67. The van der Waals surface area contributed by atoms with E-state index in [1.54, 1.807) is 0 Å². The van der Waals surface area contributed by atoms with Crippen LogP contribution in [0.5, 0.6) is 0 Å². The van der Waals surface area contributed by atoms with Gasteiger partial charge >= 0.3 is 0 Å². The first-order valence-corrected chi connectivity index (χ1v) is 5.67. The fourth-order valence-electron chi connectivity index (χ4n) is 1.51.